The first-order valence-electron chi connectivity index (χ1n) is 9.96. The van der Waals surface area contributed by atoms with Gasteiger partial charge < -0.3 is 10.2 Å². The van der Waals surface area contributed by atoms with Crippen LogP contribution < -0.4 is 10.2 Å². The molecule has 1 heterocycles. The number of rotatable bonds is 5. The van der Waals surface area contributed by atoms with Gasteiger partial charge in [-0.25, -0.2) is 0 Å². The van der Waals surface area contributed by atoms with E-state index < -0.39 is 0 Å². The maximum atomic E-state index is 12.2. The van der Waals surface area contributed by atoms with Crippen molar-refractivity contribution >= 4 is 11.6 Å². The molecule has 1 aromatic carbocycles. The molecule has 2 aliphatic rings. The van der Waals surface area contributed by atoms with Gasteiger partial charge in [0.25, 0.3) is 0 Å². The van der Waals surface area contributed by atoms with E-state index in [2.05, 4.69) is 47.2 Å². The summed E-state index contributed by atoms with van der Waals surface area (Å²) >= 11 is 0. The van der Waals surface area contributed by atoms with Crippen molar-refractivity contribution in [2.24, 2.45) is 0 Å². The van der Waals surface area contributed by atoms with Crippen molar-refractivity contribution in [2.75, 3.05) is 37.6 Å². The number of piperazine rings is 1. The van der Waals surface area contributed by atoms with E-state index in [1.807, 2.05) is 0 Å². The first-order valence-corrected chi connectivity index (χ1v) is 9.96. The van der Waals surface area contributed by atoms with Crippen molar-refractivity contribution in [3.8, 4) is 0 Å². The Labute approximate surface area is 152 Å². The Bertz CT molecular complexity index is 573. The summed E-state index contributed by atoms with van der Waals surface area (Å²) in [4.78, 5) is 17.1. The van der Waals surface area contributed by atoms with Crippen molar-refractivity contribution in [1.82, 2.24) is 10.2 Å². The Hall–Kier alpha value is -1.55. The van der Waals surface area contributed by atoms with Crippen LogP contribution in [0.1, 0.15) is 49.7 Å². The van der Waals surface area contributed by atoms with Gasteiger partial charge in [0, 0.05) is 50.9 Å². The monoisotopic (exact) mass is 343 g/mol. The molecule has 138 valence electrons. The first kappa shape index (κ1) is 18.2. The number of benzene rings is 1. The van der Waals surface area contributed by atoms with Crippen LogP contribution >= 0.6 is 0 Å². The molecular weight excluding hydrogens is 310 g/mol. The normalized spacial score (nSPS) is 19.8. The molecule has 0 bridgehead atoms. The maximum Gasteiger partial charge on any atom is 0.221 e. The Balaban J connectivity index is 1.40. The summed E-state index contributed by atoms with van der Waals surface area (Å²) in [6, 6.07) is 7.00. The summed E-state index contributed by atoms with van der Waals surface area (Å²) in [5.74, 6) is 0.240. The molecule has 1 saturated carbocycles. The van der Waals surface area contributed by atoms with Gasteiger partial charge in [-0.05, 0) is 43.9 Å². The molecule has 1 aliphatic carbocycles. The lowest BCUT2D eigenvalue weighted by Gasteiger charge is -2.37. The number of hydrogen-bond acceptors (Lipinski definition) is 3. The van der Waals surface area contributed by atoms with Crippen molar-refractivity contribution in [3.63, 3.8) is 0 Å². The number of aryl methyl sites for hydroxylation is 1. The molecule has 25 heavy (non-hydrogen) atoms. The van der Waals surface area contributed by atoms with E-state index in [9.17, 15) is 4.79 Å². The highest BCUT2D eigenvalue weighted by molar-refractivity contribution is 5.76. The van der Waals surface area contributed by atoms with E-state index in [0.717, 1.165) is 32.7 Å². The van der Waals surface area contributed by atoms with Gasteiger partial charge >= 0.3 is 0 Å². The molecule has 0 unspecified atom stereocenters. The Kier molecular flexibility index (Phi) is 6.35. The highest BCUT2D eigenvalue weighted by Crippen LogP contribution is 2.24. The van der Waals surface area contributed by atoms with Gasteiger partial charge in [-0.1, -0.05) is 31.4 Å². The lowest BCUT2D eigenvalue weighted by atomic mass is 9.95. The van der Waals surface area contributed by atoms with Crippen LogP contribution in [0.15, 0.2) is 18.2 Å². The zero-order chi connectivity index (χ0) is 17.6. The number of hydrogen-bond donors (Lipinski definition) is 1. The van der Waals surface area contributed by atoms with Crippen molar-refractivity contribution in [1.29, 1.82) is 0 Å². The smallest absolute Gasteiger partial charge is 0.221 e. The number of amides is 1. The summed E-state index contributed by atoms with van der Waals surface area (Å²) in [7, 11) is 0. The molecule has 4 heteroatoms. The van der Waals surface area contributed by atoms with E-state index in [1.165, 1.54) is 48.9 Å². The second-order valence-electron chi connectivity index (χ2n) is 7.70. The van der Waals surface area contributed by atoms with Crippen molar-refractivity contribution in [2.45, 2.75) is 58.4 Å². The fraction of sp³-hybridized carbons (Fsp3) is 0.667. The molecular formula is C21H33N3O. The van der Waals surface area contributed by atoms with Gasteiger partial charge in [0.15, 0.2) is 0 Å². The molecule has 1 aromatic rings. The predicted molar refractivity (Wildman–Crippen MR) is 104 cm³/mol. The minimum Gasteiger partial charge on any atom is -0.369 e. The largest absolute Gasteiger partial charge is 0.369 e. The Morgan fingerprint density at radius 2 is 1.80 bits per heavy atom. The number of anilines is 1. The fourth-order valence-corrected chi connectivity index (χ4v) is 4.10. The lowest BCUT2D eigenvalue weighted by molar-refractivity contribution is -0.122. The molecule has 1 amide bonds. The van der Waals surface area contributed by atoms with Crippen LogP contribution in [0.2, 0.25) is 0 Å². The Morgan fingerprint density at radius 1 is 1.08 bits per heavy atom. The van der Waals surface area contributed by atoms with E-state index in [-0.39, 0.29) is 5.91 Å². The maximum absolute atomic E-state index is 12.2. The molecule has 0 atom stereocenters. The van der Waals surface area contributed by atoms with Crippen LogP contribution in [0.4, 0.5) is 5.69 Å². The van der Waals surface area contributed by atoms with Crippen LogP contribution in [0.5, 0.6) is 0 Å². The van der Waals surface area contributed by atoms with E-state index in [4.69, 9.17) is 0 Å². The molecule has 0 aromatic heterocycles. The predicted octanol–water partition coefficient (Wildman–Crippen LogP) is 3.26. The number of carbonyl (C=O) groups excluding carboxylic acids is 1. The zero-order valence-corrected chi connectivity index (χ0v) is 15.9. The van der Waals surface area contributed by atoms with Crippen LogP contribution in [0.25, 0.3) is 0 Å². The lowest BCUT2D eigenvalue weighted by Crippen LogP contribution is -2.47. The van der Waals surface area contributed by atoms with E-state index in [0.29, 0.717) is 12.5 Å². The summed E-state index contributed by atoms with van der Waals surface area (Å²) in [5.41, 5.74) is 4.12. The first-order chi connectivity index (χ1) is 12.1. The minimum atomic E-state index is 0.240. The molecule has 4 nitrogen and oxygen atoms in total. The zero-order valence-electron chi connectivity index (χ0n) is 15.9. The van der Waals surface area contributed by atoms with Crippen molar-refractivity contribution in [3.05, 3.63) is 29.3 Å². The van der Waals surface area contributed by atoms with Gasteiger partial charge in [0.05, 0.1) is 0 Å². The Morgan fingerprint density at radius 3 is 2.52 bits per heavy atom. The molecule has 1 saturated heterocycles. The van der Waals surface area contributed by atoms with Crippen LogP contribution in [-0.2, 0) is 4.79 Å². The molecule has 0 radical (unpaired) electrons. The average Bonchev–Trinajstić information content (AvgIpc) is 2.64. The summed E-state index contributed by atoms with van der Waals surface area (Å²) < 4.78 is 0. The van der Waals surface area contributed by atoms with E-state index in [1.54, 1.807) is 0 Å². The number of nitrogens with one attached hydrogen (secondary N) is 1. The van der Waals surface area contributed by atoms with E-state index >= 15 is 0 Å². The molecule has 1 aliphatic heterocycles. The summed E-state index contributed by atoms with van der Waals surface area (Å²) in [6.45, 7) is 9.48. The van der Waals surface area contributed by atoms with Gasteiger partial charge in [-0.2, -0.15) is 0 Å². The van der Waals surface area contributed by atoms with Crippen LogP contribution in [0, 0.1) is 13.8 Å². The number of carbonyl (C=O) groups is 1. The van der Waals surface area contributed by atoms with Gasteiger partial charge in [-0.3, -0.25) is 9.69 Å². The standard InChI is InChI=1S/C21H33N3O/c1-17-7-6-10-20(18(17)2)24-15-13-23(14-16-24)12-11-21(25)22-19-8-4-3-5-9-19/h6-7,10,19H,3-5,8-9,11-16H2,1-2H3,(H,22,25). The minimum absolute atomic E-state index is 0.240. The third kappa shape index (κ3) is 4.97. The molecule has 1 N–H and O–H groups in total. The number of nitrogens with zero attached hydrogens (tertiary/aromatic N) is 2. The SMILES string of the molecule is Cc1cccc(N2CCN(CCC(=O)NC3CCCCC3)CC2)c1C. The van der Waals surface area contributed by atoms with Gasteiger partial charge in [0.2, 0.25) is 5.91 Å². The topological polar surface area (TPSA) is 35.6 Å². The second kappa shape index (κ2) is 8.70. The second-order valence-corrected chi connectivity index (χ2v) is 7.70. The van der Waals surface area contributed by atoms with Crippen LogP contribution in [0.3, 0.4) is 0 Å². The molecule has 3 rings (SSSR count). The highest BCUT2D eigenvalue weighted by Gasteiger charge is 2.20. The van der Waals surface area contributed by atoms with Gasteiger partial charge in [-0.15, -0.1) is 0 Å². The average molecular weight is 344 g/mol. The van der Waals surface area contributed by atoms with Gasteiger partial charge in [0.1, 0.15) is 0 Å². The third-order valence-electron chi connectivity index (χ3n) is 5.91. The summed E-state index contributed by atoms with van der Waals surface area (Å²) in [5, 5.41) is 3.23. The summed E-state index contributed by atoms with van der Waals surface area (Å²) in [6.07, 6.45) is 6.84. The quantitative estimate of drug-likeness (QED) is 0.891. The fourth-order valence-electron chi connectivity index (χ4n) is 4.10. The van der Waals surface area contributed by atoms with Crippen molar-refractivity contribution < 1.29 is 4.79 Å². The molecule has 0 spiro atoms. The highest BCUT2D eigenvalue weighted by atomic mass is 16.1. The third-order valence-corrected chi connectivity index (χ3v) is 5.91. The molecule has 2 fully saturated rings. The van der Waals surface area contributed by atoms with Crippen LogP contribution in [-0.4, -0.2) is 49.6 Å².